The van der Waals surface area contributed by atoms with Gasteiger partial charge >= 0.3 is 5.97 Å². The van der Waals surface area contributed by atoms with E-state index in [0.717, 1.165) is 12.8 Å². The van der Waals surface area contributed by atoms with Crippen LogP contribution in [0.5, 0.6) is 0 Å². The number of hydrogen-bond acceptors (Lipinski definition) is 6. The van der Waals surface area contributed by atoms with E-state index in [1.165, 1.54) is 36.5 Å². The lowest BCUT2D eigenvalue weighted by Crippen LogP contribution is -2.49. The van der Waals surface area contributed by atoms with Crippen LogP contribution in [0.3, 0.4) is 0 Å². The highest BCUT2D eigenvalue weighted by atomic mass is 16.6. The molecule has 1 heterocycles. The lowest BCUT2D eigenvalue weighted by molar-refractivity contribution is -0.384. The molecule has 1 unspecified atom stereocenters. The highest BCUT2D eigenvalue weighted by Gasteiger charge is 2.44. The zero-order valence-corrected chi connectivity index (χ0v) is 16.2. The highest BCUT2D eigenvalue weighted by molar-refractivity contribution is 5.87. The van der Waals surface area contributed by atoms with Crippen LogP contribution in [-0.4, -0.2) is 37.7 Å². The van der Waals surface area contributed by atoms with E-state index >= 15 is 0 Å². The summed E-state index contributed by atoms with van der Waals surface area (Å²) in [5, 5.41) is 11.8. The van der Waals surface area contributed by atoms with E-state index in [1.54, 1.807) is 12.1 Å². The first-order valence-corrected chi connectivity index (χ1v) is 9.54. The van der Waals surface area contributed by atoms with Crippen molar-refractivity contribution >= 4 is 23.4 Å². The van der Waals surface area contributed by atoms with Crippen molar-refractivity contribution in [1.82, 2.24) is 0 Å². The summed E-state index contributed by atoms with van der Waals surface area (Å²) in [6, 6.07) is 13.3. The van der Waals surface area contributed by atoms with Gasteiger partial charge in [0.05, 0.1) is 25.2 Å². The molecular formula is C22H22N2O5. The van der Waals surface area contributed by atoms with Crippen molar-refractivity contribution in [2.24, 2.45) is 0 Å². The summed E-state index contributed by atoms with van der Waals surface area (Å²) in [5.41, 5.74) is 3.20. The third-order valence-corrected chi connectivity index (χ3v) is 5.64. The van der Waals surface area contributed by atoms with Gasteiger partial charge in [-0.3, -0.25) is 10.1 Å². The number of hydrogen-bond donors (Lipinski definition) is 0. The van der Waals surface area contributed by atoms with E-state index in [-0.39, 0.29) is 10.6 Å². The summed E-state index contributed by atoms with van der Waals surface area (Å²) in [4.78, 5) is 24.7. The second kappa shape index (κ2) is 7.67. The Morgan fingerprint density at radius 3 is 2.93 bits per heavy atom. The van der Waals surface area contributed by atoms with Crippen molar-refractivity contribution in [2.45, 2.75) is 18.4 Å². The fourth-order valence-electron chi connectivity index (χ4n) is 4.25. The van der Waals surface area contributed by atoms with Crippen LogP contribution in [0.1, 0.15) is 23.1 Å². The fraction of sp³-hybridized carbons (Fsp3) is 0.318. The van der Waals surface area contributed by atoms with Gasteiger partial charge in [-0.25, -0.2) is 4.79 Å². The summed E-state index contributed by atoms with van der Waals surface area (Å²) in [7, 11) is 1.29. The molecule has 1 aliphatic carbocycles. The normalized spacial score (nSPS) is 20.8. The van der Waals surface area contributed by atoms with Gasteiger partial charge in [-0.15, -0.1) is 0 Å². The molecular weight excluding hydrogens is 372 g/mol. The van der Waals surface area contributed by atoms with Gasteiger partial charge in [-0.2, -0.15) is 0 Å². The van der Waals surface area contributed by atoms with Gasteiger partial charge in [0, 0.05) is 18.7 Å². The molecule has 7 heteroatoms. The number of nitrogens with zero attached hydrogens (tertiary/aromatic N) is 2. The molecule has 2 aromatic rings. The lowest BCUT2D eigenvalue weighted by Gasteiger charge is -2.42. The maximum absolute atomic E-state index is 11.8. The molecule has 1 atom stereocenters. The van der Waals surface area contributed by atoms with E-state index in [2.05, 4.69) is 16.9 Å². The van der Waals surface area contributed by atoms with Crippen LogP contribution in [0.4, 0.5) is 11.4 Å². The molecule has 150 valence electrons. The van der Waals surface area contributed by atoms with Gasteiger partial charge in [0.2, 0.25) is 0 Å². The summed E-state index contributed by atoms with van der Waals surface area (Å²) in [6.45, 7) is 1.67. The van der Waals surface area contributed by atoms with Gasteiger partial charge in [-0.1, -0.05) is 30.3 Å². The SMILES string of the molecule is COC(=O)/C=C/c1ccc(N2CCOC3(CCc4ccccc43)C2)c([N+](=O)[O-])c1. The third kappa shape index (κ3) is 3.61. The van der Waals surface area contributed by atoms with E-state index in [0.29, 0.717) is 30.9 Å². The minimum absolute atomic E-state index is 0.0142. The van der Waals surface area contributed by atoms with Gasteiger partial charge in [0.1, 0.15) is 11.3 Å². The molecule has 1 saturated heterocycles. The third-order valence-electron chi connectivity index (χ3n) is 5.64. The molecule has 7 nitrogen and oxygen atoms in total. The minimum Gasteiger partial charge on any atom is -0.466 e. The number of nitro groups is 1. The molecule has 0 aromatic heterocycles. The zero-order chi connectivity index (χ0) is 20.4. The zero-order valence-electron chi connectivity index (χ0n) is 16.2. The monoisotopic (exact) mass is 394 g/mol. The second-order valence-corrected chi connectivity index (χ2v) is 7.28. The van der Waals surface area contributed by atoms with E-state index in [9.17, 15) is 14.9 Å². The van der Waals surface area contributed by atoms with Crippen LogP contribution in [0.2, 0.25) is 0 Å². The Hall–Kier alpha value is -3.19. The quantitative estimate of drug-likeness (QED) is 0.342. The average Bonchev–Trinajstić information content (AvgIpc) is 3.09. The number of benzene rings is 2. The average molecular weight is 394 g/mol. The van der Waals surface area contributed by atoms with Gasteiger partial charge < -0.3 is 14.4 Å². The number of anilines is 1. The molecule has 1 aliphatic heterocycles. The van der Waals surface area contributed by atoms with Crippen molar-refractivity contribution in [2.75, 3.05) is 31.7 Å². The number of morpholine rings is 1. The van der Waals surface area contributed by atoms with E-state index in [1.807, 2.05) is 17.0 Å². The number of carbonyl (C=O) groups excluding carboxylic acids is 1. The molecule has 0 saturated carbocycles. The standard InChI is InChI=1S/C22H22N2O5/c1-28-21(25)9-7-16-6-8-19(20(14-16)24(26)27)23-12-13-29-22(15-23)11-10-17-4-2-3-5-18(17)22/h2-9,14H,10-13,15H2,1H3/b9-7+. The van der Waals surface area contributed by atoms with Crippen LogP contribution in [0.25, 0.3) is 6.08 Å². The maximum Gasteiger partial charge on any atom is 0.330 e. The molecule has 29 heavy (non-hydrogen) atoms. The van der Waals surface area contributed by atoms with E-state index in [4.69, 9.17) is 4.74 Å². The molecule has 0 radical (unpaired) electrons. The molecule has 0 bridgehead atoms. The van der Waals surface area contributed by atoms with Crippen LogP contribution < -0.4 is 4.90 Å². The molecule has 4 rings (SSSR count). The predicted molar refractivity (Wildman–Crippen MR) is 109 cm³/mol. The number of methoxy groups -OCH3 is 1. The van der Waals surface area contributed by atoms with Crippen molar-refractivity contribution in [1.29, 1.82) is 0 Å². The maximum atomic E-state index is 11.8. The number of fused-ring (bicyclic) bond motifs is 2. The molecule has 1 fully saturated rings. The molecule has 1 spiro atoms. The fourth-order valence-corrected chi connectivity index (χ4v) is 4.25. The second-order valence-electron chi connectivity index (χ2n) is 7.28. The molecule has 0 N–H and O–H groups in total. The number of aryl methyl sites for hydroxylation is 1. The topological polar surface area (TPSA) is 81.9 Å². The van der Waals surface area contributed by atoms with Crippen molar-refractivity contribution in [3.63, 3.8) is 0 Å². The highest BCUT2D eigenvalue weighted by Crippen LogP contribution is 2.44. The van der Waals surface area contributed by atoms with Crippen molar-refractivity contribution in [3.05, 3.63) is 75.3 Å². The summed E-state index contributed by atoms with van der Waals surface area (Å²) in [5.74, 6) is -0.508. The Morgan fingerprint density at radius 1 is 1.31 bits per heavy atom. The minimum atomic E-state index is -0.508. The first kappa shape index (κ1) is 19.1. The first-order valence-electron chi connectivity index (χ1n) is 9.54. The Balaban J connectivity index is 1.65. The number of carbonyl (C=O) groups is 1. The van der Waals surface area contributed by atoms with Crippen LogP contribution in [0.15, 0.2) is 48.5 Å². The molecule has 2 aromatic carbocycles. The predicted octanol–water partition coefficient (Wildman–Crippen LogP) is 3.46. The summed E-state index contributed by atoms with van der Waals surface area (Å²) in [6.07, 6.45) is 4.58. The van der Waals surface area contributed by atoms with Crippen molar-refractivity contribution < 1.29 is 19.2 Å². The van der Waals surface area contributed by atoms with Gasteiger partial charge in [-0.05, 0) is 41.7 Å². The van der Waals surface area contributed by atoms with Gasteiger partial charge in [0.15, 0.2) is 0 Å². The lowest BCUT2D eigenvalue weighted by atomic mass is 9.93. The molecule has 2 aliphatic rings. The number of ether oxygens (including phenoxy) is 2. The summed E-state index contributed by atoms with van der Waals surface area (Å²) < 4.78 is 10.8. The van der Waals surface area contributed by atoms with Gasteiger partial charge in [0.25, 0.3) is 5.69 Å². The number of esters is 1. The summed E-state index contributed by atoms with van der Waals surface area (Å²) >= 11 is 0. The van der Waals surface area contributed by atoms with Crippen LogP contribution in [-0.2, 0) is 26.3 Å². The number of rotatable bonds is 4. The van der Waals surface area contributed by atoms with E-state index < -0.39 is 11.6 Å². The van der Waals surface area contributed by atoms with Crippen molar-refractivity contribution in [3.8, 4) is 0 Å². The van der Waals surface area contributed by atoms with Crippen LogP contribution >= 0.6 is 0 Å². The Labute approximate surface area is 168 Å². The Kier molecular flexibility index (Phi) is 5.07. The first-order chi connectivity index (χ1) is 14.0. The van der Waals surface area contributed by atoms with Crippen LogP contribution in [0, 0.1) is 10.1 Å². The Bertz CT molecular complexity index is 983. The smallest absolute Gasteiger partial charge is 0.330 e. The number of nitro benzene ring substituents is 1. The molecule has 0 amide bonds. The largest absolute Gasteiger partial charge is 0.466 e. The Morgan fingerprint density at radius 2 is 2.14 bits per heavy atom.